The molecule has 4 rings (SSSR count). The van der Waals surface area contributed by atoms with Gasteiger partial charge in [-0.3, -0.25) is 9.78 Å². The minimum atomic E-state index is -4.95. The minimum absolute atomic E-state index is 0.0985. The van der Waals surface area contributed by atoms with Crippen LogP contribution in [0.2, 0.25) is 0 Å². The first kappa shape index (κ1) is 20.6. The summed E-state index contributed by atoms with van der Waals surface area (Å²) >= 11 is 1.24. The Bertz CT molecular complexity index is 1220. The summed E-state index contributed by atoms with van der Waals surface area (Å²) in [6.45, 7) is -0.0985. The van der Waals surface area contributed by atoms with Crippen molar-refractivity contribution in [3.05, 3.63) is 76.4 Å². The highest BCUT2D eigenvalue weighted by molar-refractivity contribution is 7.09. The number of hydrogen-bond acceptors (Lipinski definition) is 6. The van der Waals surface area contributed by atoms with E-state index in [0.29, 0.717) is 15.4 Å². The number of aromatic nitrogens is 5. The highest BCUT2D eigenvalue weighted by atomic mass is 32.1. The summed E-state index contributed by atoms with van der Waals surface area (Å²) in [5, 5.41) is 11.4. The number of alkyl halides is 3. The topological polar surface area (TPSA) is 85.6 Å². The number of thiazole rings is 1. The SMILES string of the molecule is O=C(NCc1nc(-c2ccncc2)cs1)c1nnn(-c2cccc(F)c2)c1C(F)(F)F. The molecule has 158 valence electrons. The van der Waals surface area contributed by atoms with Gasteiger partial charge in [0.05, 0.1) is 17.9 Å². The molecule has 0 bridgehead atoms. The van der Waals surface area contributed by atoms with Crippen LogP contribution in [0.1, 0.15) is 21.2 Å². The molecule has 4 aromatic rings. The lowest BCUT2D eigenvalue weighted by Crippen LogP contribution is -2.27. The quantitative estimate of drug-likeness (QED) is 0.469. The van der Waals surface area contributed by atoms with Crippen LogP contribution in [0.5, 0.6) is 0 Å². The van der Waals surface area contributed by atoms with Crippen molar-refractivity contribution in [1.29, 1.82) is 0 Å². The predicted molar refractivity (Wildman–Crippen MR) is 103 cm³/mol. The second-order valence-corrected chi connectivity index (χ2v) is 7.16. The molecular formula is C19H12F4N6OS. The number of benzene rings is 1. The van der Waals surface area contributed by atoms with E-state index < -0.39 is 29.3 Å². The fourth-order valence-corrected chi connectivity index (χ4v) is 3.51. The Morgan fingerprint density at radius 2 is 1.94 bits per heavy atom. The Morgan fingerprint density at radius 1 is 1.16 bits per heavy atom. The van der Waals surface area contributed by atoms with Crippen molar-refractivity contribution >= 4 is 17.2 Å². The van der Waals surface area contributed by atoms with Crippen molar-refractivity contribution in [2.45, 2.75) is 12.7 Å². The monoisotopic (exact) mass is 448 g/mol. The highest BCUT2D eigenvalue weighted by Crippen LogP contribution is 2.33. The van der Waals surface area contributed by atoms with Crippen LogP contribution in [0.3, 0.4) is 0 Å². The maximum atomic E-state index is 13.7. The van der Waals surface area contributed by atoms with Crippen molar-refractivity contribution < 1.29 is 22.4 Å². The number of amides is 1. The van der Waals surface area contributed by atoms with Crippen molar-refractivity contribution in [3.8, 4) is 16.9 Å². The first-order valence-corrected chi connectivity index (χ1v) is 9.63. The zero-order valence-corrected chi connectivity index (χ0v) is 16.3. The van der Waals surface area contributed by atoms with Gasteiger partial charge in [0.15, 0.2) is 11.4 Å². The van der Waals surface area contributed by atoms with Gasteiger partial charge in [0.1, 0.15) is 10.8 Å². The smallest absolute Gasteiger partial charge is 0.344 e. The first-order chi connectivity index (χ1) is 14.8. The van der Waals surface area contributed by atoms with Crippen LogP contribution < -0.4 is 5.32 Å². The van der Waals surface area contributed by atoms with Crippen molar-refractivity contribution in [3.63, 3.8) is 0 Å². The van der Waals surface area contributed by atoms with Gasteiger partial charge < -0.3 is 5.32 Å². The summed E-state index contributed by atoms with van der Waals surface area (Å²) in [5.74, 6) is -1.82. The van der Waals surface area contributed by atoms with Gasteiger partial charge >= 0.3 is 6.18 Å². The minimum Gasteiger partial charge on any atom is -0.344 e. The second kappa shape index (κ2) is 8.22. The van der Waals surface area contributed by atoms with Gasteiger partial charge in [0.25, 0.3) is 5.91 Å². The fraction of sp³-hybridized carbons (Fsp3) is 0.105. The molecule has 0 spiro atoms. The summed E-state index contributed by atoms with van der Waals surface area (Å²) in [5.41, 5.74) is -1.04. The highest BCUT2D eigenvalue weighted by Gasteiger charge is 2.42. The number of rotatable bonds is 5. The van der Waals surface area contributed by atoms with Gasteiger partial charge in [-0.1, -0.05) is 11.3 Å². The molecule has 1 N–H and O–H groups in total. The van der Waals surface area contributed by atoms with E-state index in [1.807, 2.05) is 0 Å². The second-order valence-electron chi connectivity index (χ2n) is 6.22. The molecule has 1 amide bonds. The molecule has 0 saturated carbocycles. The van der Waals surface area contributed by atoms with Crippen molar-refractivity contribution in [2.75, 3.05) is 0 Å². The van der Waals surface area contributed by atoms with Gasteiger partial charge in [-0.15, -0.1) is 16.4 Å². The van der Waals surface area contributed by atoms with Gasteiger partial charge in [0.2, 0.25) is 0 Å². The molecule has 0 unspecified atom stereocenters. The third-order valence-electron chi connectivity index (χ3n) is 4.13. The number of halogens is 4. The van der Waals surface area contributed by atoms with Crippen LogP contribution in [0.15, 0.2) is 54.2 Å². The Hall–Kier alpha value is -3.67. The zero-order chi connectivity index (χ0) is 22.0. The molecule has 0 aliphatic carbocycles. The molecule has 7 nitrogen and oxygen atoms in total. The third-order valence-corrected chi connectivity index (χ3v) is 4.98. The standard InChI is InChI=1S/C19H12F4N6OS/c20-12-2-1-3-13(8-12)29-17(19(21,22)23)16(27-28-29)18(30)25-9-15-26-14(10-31-15)11-4-6-24-7-5-11/h1-8,10H,9H2,(H,25,30). The van der Waals surface area contributed by atoms with E-state index in [9.17, 15) is 22.4 Å². The average molecular weight is 448 g/mol. The van der Waals surface area contributed by atoms with E-state index in [1.165, 1.54) is 23.5 Å². The third kappa shape index (κ3) is 4.43. The van der Waals surface area contributed by atoms with Gasteiger partial charge in [-0.2, -0.15) is 13.2 Å². The van der Waals surface area contributed by atoms with E-state index in [1.54, 1.807) is 29.9 Å². The van der Waals surface area contributed by atoms with E-state index >= 15 is 0 Å². The lowest BCUT2D eigenvalue weighted by atomic mass is 10.2. The van der Waals surface area contributed by atoms with Gasteiger partial charge in [-0.05, 0) is 30.3 Å². The molecule has 0 aliphatic rings. The maximum absolute atomic E-state index is 13.7. The van der Waals surface area contributed by atoms with Crippen molar-refractivity contribution in [2.24, 2.45) is 0 Å². The Balaban J connectivity index is 1.56. The number of carbonyl (C=O) groups is 1. The van der Waals surface area contributed by atoms with E-state index in [2.05, 4.69) is 25.6 Å². The summed E-state index contributed by atoms with van der Waals surface area (Å²) in [6.07, 6.45) is -1.73. The Morgan fingerprint density at radius 3 is 2.65 bits per heavy atom. The molecule has 0 aliphatic heterocycles. The van der Waals surface area contributed by atoms with Crippen LogP contribution in [-0.4, -0.2) is 30.9 Å². The van der Waals surface area contributed by atoms with E-state index in [4.69, 9.17) is 0 Å². The summed E-state index contributed by atoms with van der Waals surface area (Å²) in [4.78, 5) is 20.7. The normalized spacial score (nSPS) is 11.5. The number of pyridine rings is 1. The molecule has 0 saturated heterocycles. The predicted octanol–water partition coefficient (Wildman–Crippen LogP) is 3.87. The number of carbonyl (C=O) groups excluding carboxylic acids is 1. The zero-order valence-electron chi connectivity index (χ0n) is 15.5. The Kier molecular flexibility index (Phi) is 5.46. The Labute approximate surface area is 176 Å². The van der Waals surface area contributed by atoms with E-state index in [0.717, 1.165) is 17.7 Å². The largest absolute Gasteiger partial charge is 0.435 e. The fourth-order valence-electron chi connectivity index (χ4n) is 2.76. The summed E-state index contributed by atoms with van der Waals surface area (Å²) in [6, 6.07) is 7.92. The molecule has 3 aromatic heterocycles. The van der Waals surface area contributed by atoms with Crippen LogP contribution in [0.4, 0.5) is 17.6 Å². The molecule has 0 radical (unpaired) electrons. The number of nitrogens with zero attached hydrogens (tertiary/aromatic N) is 5. The van der Waals surface area contributed by atoms with Crippen LogP contribution in [-0.2, 0) is 12.7 Å². The molecule has 0 fully saturated rings. The molecule has 3 heterocycles. The summed E-state index contributed by atoms with van der Waals surface area (Å²) < 4.78 is 54.8. The molecule has 0 atom stereocenters. The number of nitrogens with one attached hydrogen (secondary N) is 1. The number of hydrogen-bond donors (Lipinski definition) is 1. The van der Waals surface area contributed by atoms with Crippen LogP contribution in [0.25, 0.3) is 16.9 Å². The molecule has 31 heavy (non-hydrogen) atoms. The molecule has 12 heteroatoms. The lowest BCUT2D eigenvalue weighted by Gasteiger charge is -2.11. The van der Waals surface area contributed by atoms with Gasteiger partial charge in [0, 0.05) is 23.3 Å². The van der Waals surface area contributed by atoms with Gasteiger partial charge in [-0.25, -0.2) is 14.1 Å². The maximum Gasteiger partial charge on any atom is 0.435 e. The van der Waals surface area contributed by atoms with Crippen LogP contribution >= 0.6 is 11.3 Å². The molecule has 1 aromatic carbocycles. The van der Waals surface area contributed by atoms with E-state index in [-0.39, 0.29) is 12.2 Å². The first-order valence-electron chi connectivity index (χ1n) is 8.75. The van der Waals surface area contributed by atoms with Crippen LogP contribution in [0, 0.1) is 5.82 Å². The van der Waals surface area contributed by atoms with Crippen molar-refractivity contribution in [1.82, 2.24) is 30.3 Å². The average Bonchev–Trinajstić information content (AvgIpc) is 3.40. The molecular weight excluding hydrogens is 436 g/mol. The summed E-state index contributed by atoms with van der Waals surface area (Å²) in [7, 11) is 0. The lowest BCUT2D eigenvalue weighted by molar-refractivity contribution is -0.143.